The van der Waals surface area contributed by atoms with Gasteiger partial charge in [-0.15, -0.1) is 0 Å². The van der Waals surface area contributed by atoms with Crippen LogP contribution in [0.1, 0.15) is 43.5 Å². The lowest BCUT2D eigenvalue weighted by Crippen LogP contribution is -2.28. The third-order valence-corrected chi connectivity index (χ3v) is 4.79. The fourth-order valence-corrected chi connectivity index (χ4v) is 3.46. The first-order valence-corrected chi connectivity index (χ1v) is 8.23. The molecule has 3 rings (SSSR count). The average molecular weight is 315 g/mol. The number of benzene rings is 1. The zero-order chi connectivity index (χ0) is 16.7. The molecule has 0 fully saturated rings. The standard InChI is InChI=1S/C18H25N3O2/c1-5-19-17(18(22)23)15-10-20(4)16-7-13-9-21(11(2)3)8-12(13)6-14(15)16/h6-7,10-11,17,19H,5,8-9H2,1-4H3,(H,22,23). The third kappa shape index (κ3) is 2.75. The smallest absolute Gasteiger partial charge is 0.325 e. The van der Waals surface area contributed by atoms with Gasteiger partial charge < -0.3 is 15.0 Å². The topological polar surface area (TPSA) is 57.5 Å². The van der Waals surface area contributed by atoms with Crippen LogP contribution in [0.4, 0.5) is 0 Å². The van der Waals surface area contributed by atoms with Gasteiger partial charge in [0.2, 0.25) is 0 Å². The largest absolute Gasteiger partial charge is 0.480 e. The van der Waals surface area contributed by atoms with Gasteiger partial charge in [0.15, 0.2) is 0 Å². The Balaban J connectivity index is 2.09. The predicted molar refractivity (Wildman–Crippen MR) is 91.4 cm³/mol. The molecule has 1 aromatic heterocycles. The van der Waals surface area contributed by atoms with Crippen LogP contribution in [0.5, 0.6) is 0 Å². The molecule has 0 radical (unpaired) electrons. The van der Waals surface area contributed by atoms with Crippen molar-refractivity contribution in [1.29, 1.82) is 0 Å². The molecule has 0 aliphatic carbocycles. The summed E-state index contributed by atoms with van der Waals surface area (Å²) >= 11 is 0. The summed E-state index contributed by atoms with van der Waals surface area (Å²) in [6, 6.07) is 4.26. The molecule has 2 heterocycles. The van der Waals surface area contributed by atoms with Gasteiger partial charge in [0.25, 0.3) is 0 Å². The predicted octanol–water partition coefficient (Wildman–Crippen LogP) is 2.64. The number of carboxylic acids is 1. The van der Waals surface area contributed by atoms with E-state index in [2.05, 4.69) is 36.2 Å². The van der Waals surface area contributed by atoms with Gasteiger partial charge in [0.1, 0.15) is 6.04 Å². The molecule has 23 heavy (non-hydrogen) atoms. The Morgan fingerprint density at radius 3 is 2.52 bits per heavy atom. The van der Waals surface area contributed by atoms with E-state index in [1.54, 1.807) is 0 Å². The van der Waals surface area contributed by atoms with E-state index in [-0.39, 0.29) is 0 Å². The molecule has 0 saturated carbocycles. The first kappa shape index (κ1) is 16.0. The summed E-state index contributed by atoms with van der Waals surface area (Å²) in [4.78, 5) is 14.1. The number of aliphatic carboxylic acids is 1. The summed E-state index contributed by atoms with van der Waals surface area (Å²) in [6.07, 6.45) is 1.95. The average Bonchev–Trinajstić information content (AvgIpc) is 3.04. The Hall–Kier alpha value is -1.85. The minimum atomic E-state index is -0.830. The van der Waals surface area contributed by atoms with Gasteiger partial charge in [-0.3, -0.25) is 9.69 Å². The van der Waals surface area contributed by atoms with E-state index in [4.69, 9.17) is 0 Å². The zero-order valence-corrected chi connectivity index (χ0v) is 14.3. The summed E-state index contributed by atoms with van der Waals surface area (Å²) in [7, 11) is 1.98. The lowest BCUT2D eigenvalue weighted by atomic mass is 10.0. The molecule has 5 nitrogen and oxygen atoms in total. The Kier molecular flexibility index (Phi) is 4.17. The van der Waals surface area contributed by atoms with Gasteiger partial charge >= 0.3 is 5.97 Å². The summed E-state index contributed by atoms with van der Waals surface area (Å²) in [5, 5.41) is 13.7. The number of nitrogens with one attached hydrogen (secondary N) is 1. The van der Waals surface area contributed by atoms with Crippen LogP contribution in [0.15, 0.2) is 18.3 Å². The van der Waals surface area contributed by atoms with Crippen molar-refractivity contribution in [2.45, 2.75) is 45.9 Å². The van der Waals surface area contributed by atoms with Crippen molar-refractivity contribution in [3.8, 4) is 0 Å². The number of carboxylic acid groups (broad SMARTS) is 1. The highest BCUT2D eigenvalue weighted by molar-refractivity contribution is 5.90. The molecule has 2 aromatic rings. The van der Waals surface area contributed by atoms with Crippen LogP contribution in [-0.4, -0.2) is 33.1 Å². The number of hydrogen-bond donors (Lipinski definition) is 2. The number of rotatable bonds is 5. The molecule has 0 bridgehead atoms. The number of carbonyl (C=O) groups is 1. The quantitative estimate of drug-likeness (QED) is 0.890. The number of fused-ring (bicyclic) bond motifs is 2. The highest BCUT2D eigenvalue weighted by atomic mass is 16.4. The highest BCUT2D eigenvalue weighted by Crippen LogP contribution is 2.33. The lowest BCUT2D eigenvalue weighted by molar-refractivity contribution is -0.139. The van der Waals surface area contributed by atoms with Crippen molar-refractivity contribution in [2.75, 3.05) is 6.54 Å². The summed E-state index contributed by atoms with van der Waals surface area (Å²) in [6.45, 7) is 8.89. The Morgan fingerprint density at radius 2 is 1.96 bits per heavy atom. The maximum absolute atomic E-state index is 11.6. The Morgan fingerprint density at radius 1 is 1.30 bits per heavy atom. The molecule has 1 atom stereocenters. The van der Waals surface area contributed by atoms with Crippen LogP contribution in [0.3, 0.4) is 0 Å². The van der Waals surface area contributed by atoms with Crippen molar-refractivity contribution in [3.05, 3.63) is 35.0 Å². The molecule has 0 spiro atoms. The van der Waals surface area contributed by atoms with Gasteiger partial charge in [-0.05, 0) is 43.7 Å². The van der Waals surface area contributed by atoms with Crippen molar-refractivity contribution in [3.63, 3.8) is 0 Å². The molecule has 1 aliphatic rings. The normalized spacial score (nSPS) is 16.2. The fourth-order valence-electron chi connectivity index (χ4n) is 3.46. The number of hydrogen-bond acceptors (Lipinski definition) is 3. The van der Waals surface area contributed by atoms with Crippen molar-refractivity contribution < 1.29 is 9.90 Å². The first-order chi connectivity index (χ1) is 10.9. The maximum atomic E-state index is 11.6. The second kappa shape index (κ2) is 5.98. The highest BCUT2D eigenvalue weighted by Gasteiger charge is 2.26. The fraction of sp³-hybridized carbons (Fsp3) is 0.500. The van der Waals surface area contributed by atoms with Crippen molar-refractivity contribution >= 4 is 16.9 Å². The van der Waals surface area contributed by atoms with E-state index in [0.717, 1.165) is 29.6 Å². The first-order valence-electron chi connectivity index (χ1n) is 8.23. The summed E-state index contributed by atoms with van der Waals surface area (Å²) in [5.74, 6) is -0.830. The van der Waals surface area contributed by atoms with Gasteiger partial charge in [-0.2, -0.15) is 0 Å². The molecule has 1 aliphatic heterocycles. The Bertz CT molecular complexity index is 748. The molecule has 1 unspecified atom stereocenters. The van der Waals surface area contributed by atoms with Crippen molar-refractivity contribution in [2.24, 2.45) is 7.05 Å². The van der Waals surface area contributed by atoms with Crippen LogP contribution >= 0.6 is 0 Å². The lowest BCUT2D eigenvalue weighted by Gasteiger charge is -2.18. The van der Waals surface area contributed by atoms with Crippen LogP contribution in [0.2, 0.25) is 0 Å². The van der Waals surface area contributed by atoms with E-state index < -0.39 is 12.0 Å². The second-order valence-corrected chi connectivity index (χ2v) is 6.66. The molecule has 5 heteroatoms. The van der Waals surface area contributed by atoms with Gasteiger partial charge in [-0.1, -0.05) is 6.92 Å². The van der Waals surface area contributed by atoms with E-state index in [1.807, 2.05) is 24.7 Å². The van der Waals surface area contributed by atoms with E-state index in [9.17, 15) is 9.90 Å². The number of likely N-dealkylation sites (N-methyl/N-ethyl adjacent to an activating group) is 1. The summed E-state index contributed by atoms with van der Waals surface area (Å²) < 4.78 is 2.04. The molecule has 1 aromatic carbocycles. The molecule has 2 N–H and O–H groups in total. The van der Waals surface area contributed by atoms with E-state index >= 15 is 0 Å². The minimum Gasteiger partial charge on any atom is -0.480 e. The molecule has 0 amide bonds. The van der Waals surface area contributed by atoms with Gasteiger partial charge in [-0.25, -0.2) is 0 Å². The molecule has 124 valence electrons. The Labute approximate surface area is 136 Å². The summed E-state index contributed by atoms with van der Waals surface area (Å²) in [5.41, 5.74) is 4.63. The van der Waals surface area contributed by atoms with Crippen LogP contribution in [0, 0.1) is 0 Å². The van der Waals surface area contributed by atoms with E-state index in [1.165, 1.54) is 11.1 Å². The number of aromatic nitrogens is 1. The molecular formula is C18H25N3O2. The monoisotopic (exact) mass is 315 g/mol. The maximum Gasteiger partial charge on any atom is 0.325 e. The third-order valence-electron chi connectivity index (χ3n) is 4.79. The molecular weight excluding hydrogens is 290 g/mol. The number of nitrogens with zero attached hydrogens (tertiary/aromatic N) is 2. The van der Waals surface area contributed by atoms with Crippen molar-refractivity contribution in [1.82, 2.24) is 14.8 Å². The second-order valence-electron chi connectivity index (χ2n) is 6.66. The van der Waals surface area contributed by atoms with Crippen LogP contribution in [0.25, 0.3) is 10.9 Å². The van der Waals surface area contributed by atoms with E-state index in [0.29, 0.717) is 12.6 Å². The van der Waals surface area contributed by atoms with Gasteiger partial charge in [0.05, 0.1) is 0 Å². The number of aryl methyl sites for hydroxylation is 1. The minimum absolute atomic E-state index is 0.513. The zero-order valence-electron chi connectivity index (χ0n) is 14.3. The van der Waals surface area contributed by atoms with Crippen LogP contribution in [-0.2, 0) is 24.9 Å². The van der Waals surface area contributed by atoms with Crippen LogP contribution < -0.4 is 5.32 Å². The molecule has 0 saturated heterocycles. The SMILES string of the molecule is CCNC(C(=O)O)c1cn(C)c2cc3c(cc12)CN(C(C)C)C3. The van der Waals surface area contributed by atoms with Gasteiger partial charge in [0, 0.05) is 48.8 Å².